The summed E-state index contributed by atoms with van der Waals surface area (Å²) in [6.07, 6.45) is -6.88. The second-order valence-electron chi connectivity index (χ2n) is 27.4. The predicted molar refractivity (Wildman–Crippen MR) is 389 cm³/mol. The van der Waals surface area contributed by atoms with Crippen LogP contribution >= 0.6 is 24.8 Å². The molecule has 21 N–H and O–H groups in total. The molecule has 6 aliphatic heterocycles. The van der Waals surface area contributed by atoms with Crippen molar-refractivity contribution in [2.75, 3.05) is 49.4 Å². The van der Waals surface area contributed by atoms with E-state index in [-0.39, 0.29) is 125 Å². The van der Waals surface area contributed by atoms with Crippen LogP contribution in [-0.4, -0.2) is 243 Å². The molecule has 6 fully saturated rings. The molecule has 45 heteroatoms. The fraction of sp³-hybridized carbons (Fsp3) is 0.562. The number of nitrogens with one attached hydrogen (secondary N) is 5. The number of nitrogens with zero attached hydrogens (tertiary/aromatic N) is 8. The average molecular weight is 1580 g/mol. The molecule has 1 amide bonds. The van der Waals surface area contributed by atoms with Crippen molar-refractivity contribution < 1.29 is 97.2 Å². The van der Waals surface area contributed by atoms with Crippen LogP contribution in [0.5, 0.6) is 0 Å². The van der Waals surface area contributed by atoms with Gasteiger partial charge >= 0.3 is 11.9 Å². The second kappa shape index (κ2) is 34.5. The quantitative estimate of drug-likeness (QED) is 0.0361. The average Bonchev–Trinajstić information content (AvgIpc) is 1.60. The van der Waals surface area contributed by atoms with Crippen molar-refractivity contribution in [1.29, 1.82) is 0 Å². The lowest BCUT2D eigenvalue weighted by Crippen LogP contribution is -2.45. The number of hydrogen-bond acceptors (Lipinski definition) is 33. The summed E-state index contributed by atoms with van der Waals surface area (Å²) in [7, 11) is 4.47. The lowest BCUT2D eigenvalue weighted by Gasteiger charge is -2.25. The van der Waals surface area contributed by atoms with Crippen LogP contribution < -0.4 is 56.2 Å². The molecular formula is C64H89BCl2N18O24. The van der Waals surface area contributed by atoms with Crippen LogP contribution in [0.1, 0.15) is 94.1 Å². The number of halogens is 2. The molecule has 0 aromatic carbocycles. The van der Waals surface area contributed by atoms with E-state index in [0.29, 0.717) is 22.1 Å². The van der Waals surface area contributed by atoms with E-state index in [1.807, 2.05) is 27.7 Å². The summed E-state index contributed by atoms with van der Waals surface area (Å²) in [4.78, 5) is 119. The highest BCUT2D eigenvalue weighted by atomic mass is 35.5. The lowest BCUT2D eigenvalue weighted by atomic mass is 10.0. The number of H-pyrrole nitrogens is 4. The number of aromatic nitrogens is 12. The van der Waals surface area contributed by atoms with Gasteiger partial charge < -0.3 is 135 Å². The largest absolute Gasteiger partial charge is 0.462 e. The Morgan fingerprint density at radius 1 is 0.505 bits per heavy atom. The highest BCUT2D eigenvalue weighted by molar-refractivity contribution is 6.56. The Morgan fingerprint density at radius 3 is 1.15 bits per heavy atom. The monoisotopic (exact) mass is 1570 g/mol. The number of esters is 2. The van der Waals surface area contributed by atoms with E-state index in [0.717, 1.165) is 0 Å². The zero-order chi connectivity index (χ0) is 78.3. The maximum absolute atomic E-state index is 12.6. The molecule has 0 aliphatic carbocycles. The normalized spacial score (nSPS) is 27.4. The van der Waals surface area contributed by atoms with Gasteiger partial charge in [-0.05, 0) is 70.7 Å². The van der Waals surface area contributed by atoms with Gasteiger partial charge in [0, 0.05) is 31.7 Å². The number of nitrogen functional groups attached to an aromatic ring is 4. The lowest BCUT2D eigenvalue weighted by molar-refractivity contribution is -0.202. The first-order chi connectivity index (χ1) is 50.3. The Morgan fingerprint density at radius 2 is 0.807 bits per heavy atom. The summed E-state index contributed by atoms with van der Waals surface area (Å²) in [5, 5.41) is 62.9. The maximum Gasteiger partial charge on any atom is 0.328 e. The Kier molecular flexibility index (Phi) is 27.1. The van der Waals surface area contributed by atoms with E-state index in [4.69, 9.17) is 81.1 Å². The number of rotatable bonds is 15. The number of anilines is 4. The van der Waals surface area contributed by atoms with Crippen LogP contribution in [0.15, 0.2) is 68.2 Å². The van der Waals surface area contributed by atoms with Crippen molar-refractivity contribution in [2.45, 2.75) is 191 Å². The molecule has 14 rings (SSSR count). The first-order valence-electron chi connectivity index (χ1n) is 33.7. The Hall–Kier alpha value is -9.00. The highest BCUT2D eigenvalue weighted by Crippen LogP contribution is 2.46. The van der Waals surface area contributed by atoms with Crippen LogP contribution in [-0.2, 0) is 66.5 Å². The van der Waals surface area contributed by atoms with E-state index in [2.05, 4.69) is 53.0 Å². The number of aromatic amines is 4. The van der Waals surface area contributed by atoms with Gasteiger partial charge in [0.25, 0.3) is 22.2 Å². The molecule has 0 unspecified atom stereocenters. The number of nitrogens with two attached hydrogens (primary N) is 5. The van der Waals surface area contributed by atoms with Gasteiger partial charge in [-0.25, -0.2) is 4.79 Å². The van der Waals surface area contributed by atoms with Crippen LogP contribution in [0.3, 0.4) is 0 Å². The van der Waals surface area contributed by atoms with Crippen molar-refractivity contribution >= 4 is 124 Å². The van der Waals surface area contributed by atoms with E-state index < -0.39 is 151 Å². The molecule has 8 aromatic heterocycles. The highest BCUT2D eigenvalue weighted by Gasteiger charge is 2.58. The molecule has 0 spiro atoms. The molecule has 18 atom stereocenters. The molecule has 8 aromatic rings. The smallest absolute Gasteiger partial charge is 0.328 e. The number of fused-ring (bicyclic) bond motifs is 6. The molecule has 0 saturated carbocycles. The van der Waals surface area contributed by atoms with E-state index in [1.54, 1.807) is 61.4 Å². The number of hydrogen-bond donors (Lipinski definition) is 16. The van der Waals surface area contributed by atoms with E-state index in [1.165, 1.54) is 47.5 Å². The topological polar surface area (TPSA) is 627 Å². The minimum Gasteiger partial charge on any atom is -0.462 e. The first kappa shape index (κ1) is 85.6. The van der Waals surface area contributed by atoms with Crippen LogP contribution in [0.25, 0.3) is 44.1 Å². The van der Waals surface area contributed by atoms with Gasteiger partial charge in [0.1, 0.15) is 98.5 Å². The minimum absolute atomic E-state index is 0. The van der Waals surface area contributed by atoms with Crippen molar-refractivity contribution in [3.05, 3.63) is 90.5 Å². The Balaban J connectivity index is 0.000000181. The third kappa shape index (κ3) is 18.4. The maximum atomic E-state index is 12.6. The van der Waals surface area contributed by atoms with Gasteiger partial charge in [-0.3, -0.25) is 48.7 Å². The number of ether oxygens (including phenoxy) is 10. The van der Waals surface area contributed by atoms with Gasteiger partial charge in [0.2, 0.25) is 29.7 Å². The van der Waals surface area contributed by atoms with Crippen molar-refractivity contribution in [3.63, 3.8) is 0 Å². The SMILES string of the molecule is CC(=O)N[C@H](C(=O)OC[C@H]1O[C@@H](n2ccc3c(=O)[nH]c(N)nc32)[C@@H]2OC(C)(C)O[C@@H]21)C(C)C.CC(C)[C@H](N)C(=O)OC[C@H]1O[C@@H](n2ccc3c(=O)[nH]c(N)nc32)[C@H](O)[C@@H]1O.CC1(C)O[C@@H]2[C@H](O1)[C@@H](CO)O[C@H]2n1ccc2c(=O)[nH]c(N)nc21.Cl.Cl.Nc1nc2c(ccn2[C@@H]2O[C@H](CO)[C@@H](O)[C@H]2O)c(=O)[nH]1.[B]C(C)=O. The molecule has 6 aliphatic rings. The number of carbonyl (C=O) groups is 4. The fourth-order valence-electron chi connectivity index (χ4n) is 12.8. The van der Waals surface area contributed by atoms with Gasteiger partial charge in [-0.15, -0.1) is 24.8 Å². The summed E-state index contributed by atoms with van der Waals surface area (Å²) in [6.45, 7) is 16.0. The van der Waals surface area contributed by atoms with Crippen LogP contribution in [0.2, 0.25) is 0 Å². The van der Waals surface area contributed by atoms with Crippen molar-refractivity contribution in [1.82, 2.24) is 63.5 Å². The summed E-state index contributed by atoms with van der Waals surface area (Å²) in [6, 6.07) is 4.70. The van der Waals surface area contributed by atoms with Gasteiger partial charge in [-0.1, -0.05) is 27.7 Å². The summed E-state index contributed by atoms with van der Waals surface area (Å²) < 4.78 is 63.8. The second-order valence-corrected chi connectivity index (χ2v) is 27.4. The van der Waals surface area contributed by atoms with E-state index in [9.17, 15) is 63.9 Å². The van der Waals surface area contributed by atoms with Crippen LogP contribution in [0, 0.1) is 11.8 Å². The Bertz CT molecular complexity index is 4810. The summed E-state index contributed by atoms with van der Waals surface area (Å²) in [5.41, 5.74) is 27.5. The third-order valence-electron chi connectivity index (χ3n) is 17.8. The number of amides is 1. The molecule has 0 bridgehead atoms. The number of aliphatic hydroxyl groups excluding tert-OH is 6. The summed E-state index contributed by atoms with van der Waals surface area (Å²) in [5.74, 6) is -3.56. The molecule has 6 saturated heterocycles. The predicted octanol–water partition coefficient (Wildman–Crippen LogP) is -2.94. The third-order valence-corrected chi connectivity index (χ3v) is 17.8. The van der Waals surface area contributed by atoms with Gasteiger partial charge in [0.05, 0.1) is 40.4 Å². The fourth-order valence-corrected chi connectivity index (χ4v) is 12.8. The zero-order valence-corrected chi connectivity index (χ0v) is 62.0. The van der Waals surface area contributed by atoms with E-state index >= 15 is 0 Å². The molecule has 596 valence electrons. The first-order valence-corrected chi connectivity index (χ1v) is 33.7. The van der Waals surface area contributed by atoms with Gasteiger partial charge in [0.15, 0.2) is 66.9 Å². The van der Waals surface area contributed by atoms with Crippen molar-refractivity contribution in [2.24, 2.45) is 17.6 Å². The zero-order valence-electron chi connectivity index (χ0n) is 60.4. The van der Waals surface area contributed by atoms with Gasteiger partial charge in [-0.2, -0.15) is 19.9 Å². The minimum atomic E-state index is -1.33. The van der Waals surface area contributed by atoms with Crippen molar-refractivity contribution in [3.8, 4) is 0 Å². The standard InChI is InChI=1S/C21H29N5O7.C16H23N5O6.C14H18N4O5.C11H14N4O5.C2H3BO.2ClH/c1-9(2)13(23-10(3)27)19(29)30-8-12-14-15(33-21(4,5)32-14)18(31-12)26-7-6-11-16(26)24-20(22)25-17(11)28;1-6(2)9(17)15(25)26-5-8-10(22)11(23)14(27-8)21-4-3-7-12(21)19-16(18)20-13(7)24;1-14(2)22-8-7(5-19)21-12(9(8)23-14)18-4-3-6-10(18)16-13(15)17-11(6)20;12-11-13-8-4(9(19)14-11)1-2-15(8)10-7(18)6(17)5(3-16)20-10;1-2(3)4;;/h6-7,9,12-15,18H,8H2,1-5H3,(H,23,27)(H3,22,24,25,28);3-4,6,8-11,14,22-23H,5,17H2,1-2H3,(H3,18,19,20,24);3-4,7-9,12,19H,5H2,1-2H3,(H3,15,16,17,20);1-2,5-7,10,16-18H,3H2,(H3,12,13,14,19);1H3;2*1H/t12-,13+,14-,15-,18-;8-,9+,10-,11-,14-;7-,8-,9-,12-;5-,6-,7-,10-;;;/m1111.../s1. The molecular weight excluding hydrogens is 1490 g/mol. The molecule has 14 heterocycles. The number of aliphatic hydroxyl groups is 6. The molecule has 109 heavy (non-hydrogen) atoms. The molecule has 42 nitrogen and oxygen atoms in total. The Labute approximate surface area is 630 Å². The molecule has 2 radical (unpaired) electrons. The van der Waals surface area contributed by atoms with Crippen LogP contribution in [0.4, 0.5) is 23.8 Å². The number of carbonyl (C=O) groups excluding carboxylic acids is 4. The summed E-state index contributed by atoms with van der Waals surface area (Å²) >= 11 is 0.